The molecule has 0 radical (unpaired) electrons. The third-order valence-corrected chi connectivity index (χ3v) is 5.10. The zero-order valence-corrected chi connectivity index (χ0v) is 16.2. The van der Waals surface area contributed by atoms with Gasteiger partial charge in [0.2, 0.25) is 0 Å². The van der Waals surface area contributed by atoms with Gasteiger partial charge in [-0.05, 0) is 37.1 Å². The monoisotopic (exact) mass is 375 g/mol. The van der Waals surface area contributed by atoms with Gasteiger partial charge in [-0.15, -0.1) is 11.3 Å². The zero-order chi connectivity index (χ0) is 17.8. The minimum atomic E-state index is 0.743. The summed E-state index contributed by atoms with van der Waals surface area (Å²) >= 11 is 7.79. The molecule has 2 heterocycles. The lowest BCUT2D eigenvalue weighted by atomic mass is 10.1. The number of nitrogens with one attached hydrogen (secondary N) is 2. The van der Waals surface area contributed by atoms with E-state index in [1.165, 1.54) is 10.9 Å². The van der Waals surface area contributed by atoms with Crippen LogP contribution in [0.4, 0.5) is 0 Å². The molecule has 0 saturated heterocycles. The number of halogens is 1. The lowest BCUT2D eigenvalue weighted by Crippen LogP contribution is -2.39. The summed E-state index contributed by atoms with van der Waals surface area (Å²) in [7, 11) is 3.83. The predicted octanol–water partition coefficient (Wildman–Crippen LogP) is 3.84. The molecule has 3 rings (SSSR count). The zero-order valence-electron chi connectivity index (χ0n) is 14.6. The van der Waals surface area contributed by atoms with Crippen molar-refractivity contribution in [2.24, 2.45) is 4.99 Å². The van der Waals surface area contributed by atoms with Crippen LogP contribution in [0, 0.1) is 6.92 Å². The number of rotatable bonds is 5. The number of fused-ring (bicyclic) bond motifs is 1. The summed E-state index contributed by atoms with van der Waals surface area (Å²) in [6.45, 7) is 3.56. The van der Waals surface area contributed by atoms with Gasteiger partial charge in [-0.2, -0.15) is 0 Å². The third kappa shape index (κ3) is 4.32. The molecular formula is C18H22ClN5S. The molecule has 0 fully saturated rings. The molecule has 0 aliphatic carbocycles. The number of hydrogen-bond acceptors (Lipinski definition) is 3. The van der Waals surface area contributed by atoms with E-state index in [0.717, 1.165) is 46.7 Å². The number of guanidine groups is 1. The van der Waals surface area contributed by atoms with Gasteiger partial charge in [-0.25, -0.2) is 4.98 Å². The van der Waals surface area contributed by atoms with Crippen molar-refractivity contribution in [1.29, 1.82) is 0 Å². The van der Waals surface area contributed by atoms with Crippen LogP contribution in [-0.4, -0.2) is 41.5 Å². The van der Waals surface area contributed by atoms with Gasteiger partial charge in [0.05, 0.1) is 17.2 Å². The van der Waals surface area contributed by atoms with Crippen LogP contribution < -0.4 is 5.32 Å². The van der Waals surface area contributed by atoms with Crippen molar-refractivity contribution in [2.45, 2.75) is 19.9 Å². The molecule has 0 aliphatic heterocycles. The highest BCUT2D eigenvalue weighted by Gasteiger charge is 2.09. The normalized spacial score (nSPS) is 11.9. The van der Waals surface area contributed by atoms with Crippen LogP contribution in [-0.2, 0) is 13.0 Å². The third-order valence-electron chi connectivity index (χ3n) is 4.05. The molecule has 2 aromatic heterocycles. The Morgan fingerprint density at radius 3 is 3.00 bits per heavy atom. The molecule has 3 aromatic rings. The lowest BCUT2D eigenvalue weighted by molar-refractivity contribution is 0.471. The first-order valence-corrected chi connectivity index (χ1v) is 9.41. The van der Waals surface area contributed by atoms with E-state index in [-0.39, 0.29) is 0 Å². The maximum Gasteiger partial charge on any atom is 0.193 e. The van der Waals surface area contributed by atoms with E-state index in [1.54, 1.807) is 18.4 Å². The molecule has 2 N–H and O–H groups in total. The molecule has 7 heteroatoms. The first-order valence-electron chi connectivity index (χ1n) is 8.15. The molecule has 0 amide bonds. The van der Waals surface area contributed by atoms with E-state index in [0.29, 0.717) is 0 Å². The summed E-state index contributed by atoms with van der Waals surface area (Å²) in [6.07, 6.45) is 2.94. The SMILES string of the molecule is CN=C(NCCc1c[nH]c2ccc(Cl)cc12)N(C)Cc1csc(C)n1. The molecular weight excluding hydrogens is 354 g/mol. The Kier molecular flexibility index (Phi) is 5.60. The number of aromatic nitrogens is 2. The Morgan fingerprint density at radius 1 is 1.44 bits per heavy atom. The first-order chi connectivity index (χ1) is 12.1. The number of benzene rings is 1. The fourth-order valence-corrected chi connectivity index (χ4v) is 3.63. The lowest BCUT2D eigenvalue weighted by Gasteiger charge is -2.21. The molecule has 0 unspecified atom stereocenters. The van der Waals surface area contributed by atoms with Crippen molar-refractivity contribution in [1.82, 2.24) is 20.2 Å². The van der Waals surface area contributed by atoms with Crippen LogP contribution >= 0.6 is 22.9 Å². The van der Waals surface area contributed by atoms with Crippen molar-refractivity contribution in [3.05, 3.63) is 51.1 Å². The van der Waals surface area contributed by atoms with Crippen LogP contribution in [0.2, 0.25) is 5.02 Å². The van der Waals surface area contributed by atoms with Gasteiger partial charge in [-0.1, -0.05) is 11.6 Å². The highest BCUT2D eigenvalue weighted by atomic mass is 35.5. The summed E-state index contributed by atoms with van der Waals surface area (Å²) in [5.74, 6) is 0.864. The van der Waals surface area contributed by atoms with Gasteiger partial charge >= 0.3 is 0 Å². The van der Waals surface area contributed by atoms with Crippen molar-refractivity contribution < 1.29 is 0 Å². The number of aryl methyl sites for hydroxylation is 1. The smallest absolute Gasteiger partial charge is 0.193 e. The average Bonchev–Trinajstić information content (AvgIpc) is 3.17. The Bertz CT molecular complexity index is 883. The van der Waals surface area contributed by atoms with Gasteiger partial charge < -0.3 is 15.2 Å². The molecule has 0 spiro atoms. The molecule has 132 valence electrons. The predicted molar refractivity (Wildman–Crippen MR) is 107 cm³/mol. The van der Waals surface area contributed by atoms with Crippen LogP contribution in [0.15, 0.2) is 34.8 Å². The molecule has 0 atom stereocenters. The molecule has 25 heavy (non-hydrogen) atoms. The van der Waals surface area contributed by atoms with Gasteiger partial charge in [-0.3, -0.25) is 4.99 Å². The Labute approximate surface area is 156 Å². The minimum absolute atomic E-state index is 0.743. The van der Waals surface area contributed by atoms with Crippen molar-refractivity contribution in [2.75, 3.05) is 20.6 Å². The second kappa shape index (κ2) is 7.89. The molecule has 0 saturated carbocycles. The Balaban J connectivity index is 1.58. The quantitative estimate of drug-likeness (QED) is 0.526. The Hall–Kier alpha value is -2.05. The topological polar surface area (TPSA) is 56.3 Å². The molecule has 0 aliphatic rings. The second-order valence-corrected chi connectivity index (χ2v) is 7.44. The number of aliphatic imine (C=N–C) groups is 1. The number of nitrogens with zero attached hydrogens (tertiary/aromatic N) is 3. The summed E-state index contributed by atoms with van der Waals surface area (Å²) in [5.41, 5.74) is 3.43. The van der Waals surface area contributed by atoms with E-state index >= 15 is 0 Å². The summed E-state index contributed by atoms with van der Waals surface area (Å²) in [6, 6.07) is 5.92. The Morgan fingerprint density at radius 2 is 2.28 bits per heavy atom. The summed E-state index contributed by atoms with van der Waals surface area (Å²) in [5, 5.41) is 8.53. The van der Waals surface area contributed by atoms with Crippen LogP contribution in [0.1, 0.15) is 16.3 Å². The molecule has 0 bridgehead atoms. The highest BCUT2D eigenvalue weighted by molar-refractivity contribution is 7.09. The largest absolute Gasteiger partial charge is 0.361 e. The number of aromatic amines is 1. The van der Waals surface area contributed by atoms with Gasteiger partial charge in [0, 0.05) is 48.1 Å². The summed E-state index contributed by atoms with van der Waals surface area (Å²) in [4.78, 5) is 14.2. The molecule has 1 aromatic carbocycles. The standard InChI is InChI=1S/C18H22ClN5S/c1-12-23-15(11-25-12)10-24(3)18(20-2)21-7-6-13-9-22-17-5-4-14(19)8-16(13)17/h4-5,8-9,11,22H,6-7,10H2,1-3H3,(H,20,21). The van der Waals surface area contributed by atoms with E-state index < -0.39 is 0 Å². The van der Waals surface area contributed by atoms with Crippen LogP contribution in [0.5, 0.6) is 0 Å². The van der Waals surface area contributed by atoms with Gasteiger partial charge in [0.25, 0.3) is 0 Å². The van der Waals surface area contributed by atoms with Gasteiger partial charge in [0.1, 0.15) is 0 Å². The van der Waals surface area contributed by atoms with Crippen molar-refractivity contribution in [3.8, 4) is 0 Å². The maximum atomic E-state index is 6.11. The fourth-order valence-electron chi connectivity index (χ4n) is 2.85. The average molecular weight is 376 g/mol. The van der Waals surface area contributed by atoms with Crippen LogP contribution in [0.25, 0.3) is 10.9 Å². The first kappa shape index (κ1) is 17.8. The second-order valence-electron chi connectivity index (χ2n) is 5.94. The maximum absolute atomic E-state index is 6.11. The van der Waals surface area contributed by atoms with E-state index in [2.05, 4.69) is 30.6 Å². The van der Waals surface area contributed by atoms with Crippen molar-refractivity contribution >= 4 is 39.8 Å². The fraction of sp³-hybridized carbons (Fsp3) is 0.333. The van der Waals surface area contributed by atoms with E-state index in [1.807, 2.05) is 38.4 Å². The van der Waals surface area contributed by atoms with Crippen molar-refractivity contribution in [3.63, 3.8) is 0 Å². The minimum Gasteiger partial charge on any atom is -0.361 e. The van der Waals surface area contributed by atoms with E-state index in [9.17, 15) is 0 Å². The number of H-pyrrole nitrogens is 1. The van der Waals surface area contributed by atoms with Gasteiger partial charge in [0.15, 0.2) is 5.96 Å². The number of thiazole rings is 1. The number of hydrogen-bond donors (Lipinski definition) is 2. The van der Waals surface area contributed by atoms with E-state index in [4.69, 9.17) is 11.6 Å². The molecule has 5 nitrogen and oxygen atoms in total. The summed E-state index contributed by atoms with van der Waals surface area (Å²) < 4.78 is 0. The van der Waals surface area contributed by atoms with Crippen LogP contribution in [0.3, 0.4) is 0 Å². The highest BCUT2D eigenvalue weighted by Crippen LogP contribution is 2.22.